The lowest BCUT2D eigenvalue weighted by Crippen LogP contribution is -2.30. The number of esters is 1. The summed E-state index contributed by atoms with van der Waals surface area (Å²) in [5.41, 5.74) is 0.664. The van der Waals surface area contributed by atoms with E-state index >= 15 is 0 Å². The van der Waals surface area contributed by atoms with Crippen LogP contribution in [0.3, 0.4) is 0 Å². The number of aliphatic hydroxyl groups excluding tert-OH is 1. The molecule has 2 rings (SSSR count). The second-order valence-electron chi connectivity index (χ2n) is 9.25. The Bertz CT molecular complexity index is 619. The van der Waals surface area contributed by atoms with E-state index in [2.05, 4.69) is 24.3 Å². The Morgan fingerprint density at radius 3 is 2.61 bits per heavy atom. The zero-order valence-electron chi connectivity index (χ0n) is 19.4. The molecule has 1 aliphatic carbocycles. The van der Waals surface area contributed by atoms with Crippen molar-refractivity contribution in [1.29, 1.82) is 0 Å². The van der Waals surface area contributed by atoms with E-state index in [4.69, 9.17) is 4.74 Å². The van der Waals surface area contributed by atoms with Gasteiger partial charge in [0, 0.05) is 17.4 Å². The first-order valence-electron chi connectivity index (χ1n) is 12.1. The minimum absolute atomic E-state index is 0.0963. The van der Waals surface area contributed by atoms with Crippen LogP contribution in [0, 0.1) is 5.92 Å². The third-order valence-corrected chi connectivity index (χ3v) is 8.13. The van der Waals surface area contributed by atoms with Crippen molar-refractivity contribution >= 4 is 17.7 Å². The highest BCUT2D eigenvalue weighted by Crippen LogP contribution is 2.40. The fourth-order valence-corrected chi connectivity index (χ4v) is 6.09. The SMILES string of the molecule is CCOC(=O)CCCCCCC1C(O)CCC1SCC(C)(O)CCCc1ccccc1. The van der Waals surface area contributed by atoms with E-state index in [0.29, 0.717) is 24.2 Å². The maximum atomic E-state index is 11.4. The van der Waals surface area contributed by atoms with Crippen LogP contribution in [0.2, 0.25) is 0 Å². The van der Waals surface area contributed by atoms with Gasteiger partial charge in [0.2, 0.25) is 0 Å². The highest BCUT2D eigenvalue weighted by Gasteiger charge is 2.36. The number of hydrogen-bond donors (Lipinski definition) is 2. The molecule has 176 valence electrons. The highest BCUT2D eigenvalue weighted by molar-refractivity contribution is 8.00. The molecule has 0 spiro atoms. The molecule has 4 atom stereocenters. The lowest BCUT2D eigenvalue weighted by atomic mass is 9.97. The van der Waals surface area contributed by atoms with Crippen LogP contribution in [-0.4, -0.2) is 45.5 Å². The van der Waals surface area contributed by atoms with Crippen molar-refractivity contribution in [3.8, 4) is 0 Å². The van der Waals surface area contributed by atoms with Gasteiger partial charge in [-0.15, -0.1) is 0 Å². The molecule has 4 nitrogen and oxygen atoms in total. The predicted octanol–water partition coefficient (Wildman–Crippen LogP) is 5.54. The number of unbranched alkanes of at least 4 members (excludes halogenated alkanes) is 3. The number of aryl methyl sites for hydroxylation is 1. The van der Waals surface area contributed by atoms with E-state index in [0.717, 1.165) is 70.0 Å². The predicted molar refractivity (Wildman–Crippen MR) is 129 cm³/mol. The monoisotopic (exact) mass is 450 g/mol. The number of hydrogen-bond acceptors (Lipinski definition) is 5. The average molecular weight is 451 g/mol. The van der Waals surface area contributed by atoms with Crippen LogP contribution in [0.25, 0.3) is 0 Å². The van der Waals surface area contributed by atoms with Crippen molar-refractivity contribution in [3.05, 3.63) is 35.9 Å². The van der Waals surface area contributed by atoms with Gasteiger partial charge in [0.25, 0.3) is 0 Å². The number of aliphatic hydroxyl groups is 2. The summed E-state index contributed by atoms with van der Waals surface area (Å²) in [5.74, 6) is 0.964. The van der Waals surface area contributed by atoms with E-state index in [-0.39, 0.29) is 12.1 Å². The van der Waals surface area contributed by atoms with Crippen LogP contribution in [0.1, 0.15) is 83.6 Å². The maximum absolute atomic E-state index is 11.4. The van der Waals surface area contributed by atoms with E-state index in [1.165, 1.54) is 5.56 Å². The molecule has 1 saturated carbocycles. The first-order chi connectivity index (χ1) is 14.9. The summed E-state index contributed by atoms with van der Waals surface area (Å²) in [4.78, 5) is 11.4. The molecule has 31 heavy (non-hydrogen) atoms. The molecule has 1 aliphatic rings. The number of thioether (sulfide) groups is 1. The Balaban J connectivity index is 1.63. The zero-order valence-corrected chi connectivity index (χ0v) is 20.2. The molecule has 1 aromatic rings. The molecule has 4 unspecified atom stereocenters. The third kappa shape index (κ3) is 10.4. The molecule has 1 fully saturated rings. The quantitative estimate of drug-likeness (QED) is 0.271. The van der Waals surface area contributed by atoms with Crippen LogP contribution in [-0.2, 0) is 16.0 Å². The number of rotatable bonds is 15. The van der Waals surface area contributed by atoms with Gasteiger partial charge >= 0.3 is 5.97 Å². The molecule has 0 aromatic heterocycles. The normalized spacial score (nSPS) is 22.9. The van der Waals surface area contributed by atoms with E-state index < -0.39 is 5.60 Å². The minimum atomic E-state index is -0.662. The number of carbonyl (C=O) groups is 1. The highest BCUT2D eigenvalue weighted by atomic mass is 32.2. The lowest BCUT2D eigenvalue weighted by molar-refractivity contribution is -0.143. The molecule has 0 bridgehead atoms. The van der Waals surface area contributed by atoms with Gasteiger partial charge in [0.1, 0.15) is 0 Å². The summed E-state index contributed by atoms with van der Waals surface area (Å²) in [5, 5.41) is 21.7. The van der Waals surface area contributed by atoms with Gasteiger partial charge in [-0.1, -0.05) is 49.6 Å². The van der Waals surface area contributed by atoms with E-state index in [1.807, 2.05) is 31.7 Å². The Labute approximate surface area is 193 Å². The second kappa shape index (κ2) is 14.2. The molecule has 0 aliphatic heterocycles. The molecule has 0 radical (unpaired) electrons. The van der Waals surface area contributed by atoms with Crippen LogP contribution in [0.4, 0.5) is 0 Å². The summed E-state index contributed by atoms with van der Waals surface area (Å²) < 4.78 is 4.96. The van der Waals surface area contributed by atoms with Crippen LogP contribution in [0.15, 0.2) is 30.3 Å². The first kappa shape index (κ1) is 26.2. The Kier molecular flexibility index (Phi) is 12.0. The fourth-order valence-electron chi connectivity index (χ4n) is 4.51. The van der Waals surface area contributed by atoms with Crippen molar-refractivity contribution in [3.63, 3.8) is 0 Å². The molecule has 0 amide bonds. The smallest absolute Gasteiger partial charge is 0.305 e. The average Bonchev–Trinajstić information content (AvgIpc) is 3.09. The summed E-state index contributed by atoms with van der Waals surface area (Å²) in [7, 11) is 0. The number of benzene rings is 1. The van der Waals surface area contributed by atoms with Gasteiger partial charge in [0.05, 0.1) is 18.3 Å². The van der Waals surface area contributed by atoms with Crippen molar-refractivity contribution in [2.24, 2.45) is 5.92 Å². The van der Waals surface area contributed by atoms with Gasteiger partial charge in [0.15, 0.2) is 0 Å². The molecular formula is C26H42O4S. The van der Waals surface area contributed by atoms with Crippen LogP contribution in [0.5, 0.6) is 0 Å². The van der Waals surface area contributed by atoms with Gasteiger partial charge in [-0.2, -0.15) is 11.8 Å². The van der Waals surface area contributed by atoms with Crippen LogP contribution >= 0.6 is 11.8 Å². The number of carbonyl (C=O) groups excluding carboxylic acids is 1. The lowest BCUT2D eigenvalue weighted by Gasteiger charge is -2.27. The summed E-state index contributed by atoms with van der Waals surface area (Å²) in [6, 6.07) is 10.5. The molecule has 5 heteroatoms. The molecule has 2 N–H and O–H groups in total. The van der Waals surface area contributed by atoms with Gasteiger partial charge < -0.3 is 14.9 Å². The van der Waals surface area contributed by atoms with Crippen molar-refractivity contribution < 1.29 is 19.7 Å². The topological polar surface area (TPSA) is 66.8 Å². The summed E-state index contributed by atoms with van der Waals surface area (Å²) in [6.45, 7) is 4.25. The summed E-state index contributed by atoms with van der Waals surface area (Å²) in [6.07, 6.45) is 10.2. The van der Waals surface area contributed by atoms with Crippen molar-refractivity contribution in [2.45, 2.75) is 101 Å². The van der Waals surface area contributed by atoms with E-state index in [9.17, 15) is 15.0 Å². The summed E-state index contributed by atoms with van der Waals surface area (Å²) >= 11 is 1.86. The number of ether oxygens (including phenoxy) is 1. The van der Waals surface area contributed by atoms with Crippen molar-refractivity contribution in [2.75, 3.05) is 12.4 Å². The Morgan fingerprint density at radius 2 is 1.87 bits per heavy atom. The minimum Gasteiger partial charge on any atom is -0.466 e. The van der Waals surface area contributed by atoms with E-state index in [1.54, 1.807) is 0 Å². The molecule has 0 saturated heterocycles. The maximum Gasteiger partial charge on any atom is 0.305 e. The fraction of sp³-hybridized carbons (Fsp3) is 0.731. The third-order valence-electron chi connectivity index (χ3n) is 6.32. The van der Waals surface area contributed by atoms with Gasteiger partial charge in [-0.3, -0.25) is 4.79 Å². The standard InChI is InChI=1S/C26H42O4S/c1-3-30-25(28)16-10-5-4-9-15-22-23(27)17-18-24(22)31-20-26(2,29)19-11-14-21-12-7-6-8-13-21/h6-8,12-13,22-24,27,29H,3-5,9-11,14-20H2,1-2H3. The van der Waals surface area contributed by atoms with Gasteiger partial charge in [-0.05, 0) is 70.3 Å². The largest absolute Gasteiger partial charge is 0.466 e. The Hall–Kier alpha value is -1.04. The first-order valence-corrected chi connectivity index (χ1v) is 13.2. The molecular weight excluding hydrogens is 408 g/mol. The Morgan fingerprint density at radius 1 is 1.13 bits per heavy atom. The molecule has 1 aromatic carbocycles. The second-order valence-corrected chi connectivity index (χ2v) is 10.5. The molecule has 0 heterocycles. The van der Waals surface area contributed by atoms with Crippen molar-refractivity contribution in [1.82, 2.24) is 0 Å². The van der Waals surface area contributed by atoms with Gasteiger partial charge in [-0.25, -0.2) is 0 Å². The van der Waals surface area contributed by atoms with Crippen LogP contribution < -0.4 is 0 Å². The zero-order chi connectivity index (χ0) is 22.5.